The molecule has 1 saturated heterocycles. The monoisotopic (exact) mass is 491 g/mol. The predicted octanol–water partition coefficient (Wildman–Crippen LogP) is 3.91. The van der Waals surface area contributed by atoms with E-state index in [1.807, 2.05) is 24.3 Å². The molecule has 2 aliphatic heterocycles. The number of carbonyl (C=O) groups excluding carboxylic acids is 1. The Labute approximate surface area is 206 Å². The molecular formula is C27H29N3O4S. The largest absolute Gasteiger partial charge is 0.379 e. The second-order valence-corrected chi connectivity index (χ2v) is 10.8. The average molecular weight is 492 g/mol. The summed E-state index contributed by atoms with van der Waals surface area (Å²) in [4.78, 5) is 15.3. The first-order valence-corrected chi connectivity index (χ1v) is 13.4. The summed E-state index contributed by atoms with van der Waals surface area (Å²) >= 11 is 0. The smallest absolute Gasteiger partial charge is 0.255 e. The summed E-state index contributed by atoms with van der Waals surface area (Å²) in [5, 5.41) is 2.85. The van der Waals surface area contributed by atoms with Crippen LogP contribution in [0.1, 0.15) is 27.9 Å². The van der Waals surface area contributed by atoms with Crippen LogP contribution < -0.4 is 10.2 Å². The Kier molecular flexibility index (Phi) is 6.86. The van der Waals surface area contributed by atoms with Gasteiger partial charge >= 0.3 is 0 Å². The quantitative estimate of drug-likeness (QED) is 0.566. The van der Waals surface area contributed by atoms with Gasteiger partial charge in [0.05, 0.1) is 18.1 Å². The van der Waals surface area contributed by atoms with Crippen LogP contribution >= 0.6 is 0 Å². The van der Waals surface area contributed by atoms with Gasteiger partial charge in [0.1, 0.15) is 0 Å². The van der Waals surface area contributed by atoms with Crippen molar-refractivity contribution in [3.05, 3.63) is 89.5 Å². The molecule has 1 N–H and O–H groups in total. The van der Waals surface area contributed by atoms with Crippen LogP contribution in [0.25, 0.3) is 0 Å². The van der Waals surface area contributed by atoms with Crippen LogP contribution in [-0.4, -0.2) is 51.5 Å². The van der Waals surface area contributed by atoms with E-state index in [4.69, 9.17) is 4.74 Å². The van der Waals surface area contributed by atoms with Gasteiger partial charge < -0.3 is 15.0 Å². The van der Waals surface area contributed by atoms with Gasteiger partial charge in [-0.2, -0.15) is 4.31 Å². The Bertz CT molecular complexity index is 1280. The van der Waals surface area contributed by atoms with Crippen LogP contribution in [0.4, 0.5) is 11.4 Å². The second-order valence-electron chi connectivity index (χ2n) is 8.85. The molecule has 0 saturated carbocycles. The lowest BCUT2D eigenvalue weighted by atomic mass is 10.0. The number of rotatable bonds is 6. The molecule has 5 rings (SSSR count). The zero-order valence-electron chi connectivity index (χ0n) is 19.5. The highest BCUT2D eigenvalue weighted by Crippen LogP contribution is 2.28. The van der Waals surface area contributed by atoms with Crippen LogP contribution in [0.15, 0.2) is 77.7 Å². The third-order valence-electron chi connectivity index (χ3n) is 6.52. The SMILES string of the molecule is O=C(Nc1ccc(S(=O)(=O)N2CCOCC2)cc1)c1ccc(CN2CCCc3ccccc32)cc1. The average Bonchev–Trinajstić information content (AvgIpc) is 2.90. The van der Waals surface area contributed by atoms with Gasteiger partial charge in [0, 0.05) is 43.1 Å². The van der Waals surface area contributed by atoms with Gasteiger partial charge in [-0.15, -0.1) is 0 Å². The molecule has 0 aromatic heterocycles. The second kappa shape index (κ2) is 10.2. The summed E-state index contributed by atoms with van der Waals surface area (Å²) in [6.45, 7) is 3.33. The number of sulfonamides is 1. The van der Waals surface area contributed by atoms with Crippen molar-refractivity contribution in [3.63, 3.8) is 0 Å². The number of hydrogen-bond acceptors (Lipinski definition) is 5. The molecule has 2 heterocycles. The summed E-state index contributed by atoms with van der Waals surface area (Å²) in [7, 11) is -3.56. The third kappa shape index (κ3) is 5.24. The number of morpholine rings is 1. The Morgan fingerprint density at radius 1 is 0.886 bits per heavy atom. The Balaban J connectivity index is 1.21. The first kappa shape index (κ1) is 23.5. The van der Waals surface area contributed by atoms with E-state index in [9.17, 15) is 13.2 Å². The molecule has 182 valence electrons. The molecular weight excluding hydrogens is 462 g/mol. The lowest BCUT2D eigenvalue weighted by molar-refractivity contribution is 0.0730. The van der Waals surface area contributed by atoms with E-state index in [0.29, 0.717) is 37.6 Å². The summed E-state index contributed by atoms with van der Waals surface area (Å²) in [6.07, 6.45) is 2.26. The standard InChI is InChI=1S/C27H29N3O4S/c31-27(28-24-11-13-25(14-12-24)35(32,33)30-16-18-34-19-17-30)23-9-7-21(8-10-23)20-29-15-3-5-22-4-1-2-6-26(22)29/h1-2,4,6-14H,3,5,15-20H2,(H,28,31). The number of para-hydroxylation sites is 1. The minimum absolute atomic E-state index is 0.209. The molecule has 1 amide bonds. The normalized spacial score (nSPS) is 16.5. The topological polar surface area (TPSA) is 79.0 Å². The van der Waals surface area contributed by atoms with Crippen molar-refractivity contribution in [2.45, 2.75) is 24.3 Å². The molecule has 2 aliphatic rings. The Hall–Kier alpha value is -3.20. The van der Waals surface area contributed by atoms with Crippen LogP contribution in [0.5, 0.6) is 0 Å². The molecule has 0 bridgehead atoms. The van der Waals surface area contributed by atoms with E-state index in [0.717, 1.165) is 31.5 Å². The van der Waals surface area contributed by atoms with Crippen molar-refractivity contribution < 1.29 is 17.9 Å². The van der Waals surface area contributed by atoms with E-state index in [1.165, 1.54) is 27.7 Å². The van der Waals surface area contributed by atoms with E-state index in [-0.39, 0.29) is 10.8 Å². The fourth-order valence-electron chi connectivity index (χ4n) is 4.61. The number of ether oxygens (including phenoxy) is 1. The summed E-state index contributed by atoms with van der Waals surface area (Å²) in [5.74, 6) is -0.233. The Morgan fingerprint density at radius 2 is 1.60 bits per heavy atom. The summed E-state index contributed by atoms with van der Waals surface area (Å²) in [6, 6.07) is 22.5. The number of hydrogen-bond donors (Lipinski definition) is 1. The molecule has 35 heavy (non-hydrogen) atoms. The fourth-order valence-corrected chi connectivity index (χ4v) is 6.02. The van der Waals surface area contributed by atoms with Crippen molar-refractivity contribution in [1.82, 2.24) is 4.31 Å². The van der Waals surface area contributed by atoms with Gasteiger partial charge in [-0.3, -0.25) is 4.79 Å². The number of benzene rings is 3. The van der Waals surface area contributed by atoms with Crippen LogP contribution in [0.3, 0.4) is 0 Å². The minimum Gasteiger partial charge on any atom is -0.379 e. The molecule has 3 aromatic rings. The minimum atomic E-state index is -3.56. The van der Waals surface area contributed by atoms with Crippen molar-refractivity contribution in [2.75, 3.05) is 43.1 Å². The number of anilines is 2. The Morgan fingerprint density at radius 3 is 2.34 bits per heavy atom. The number of aryl methyl sites for hydroxylation is 1. The van der Waals surface area contributed by atoms with Crippen LogP contribution in [-0.2, 0) is 27.7 Å². The highest BCUT2D eigenvalue weighted by Gasteiger charge is 2.26. The molecule has 0 spiro atoms. The number of carbonyl (C=O) groups is 1. The molecule has 8 heteroatoms. The summed E-state index contributed by atoms with van der Waals surface area (Å²) < 4.78 is 32.2. The number of amides is 1. The van der Waals surface area contributed by atoms with Crippen LogP contribution in [0, 0.1) is 0 Å². The maximum atomic E-state index is 12.8. The van der Waals surface area contributed by atoms with Gasteiger partial charge in [-0.1, -0.05) is 30.3 Å². The lowest BCUT2D eigenvalue weighted by Gasteiger charge is -2.31. The van der Waals surface area contributed by atoms with Crippen molar-refractivity contribution in [2.24, 2.45) is 0 Å². The van der Waals surface area contributed by atoms with Crippen LogP contribution in [0.2, 0.25) is 0 Å². The van der Waals surface area contributed by atoms with E-state index >= 15 is 0 Å². The van der Waals surface area contributed by atoms with E-state index < -0.39 is 10.0 Å². The zero-order valence-corrected chi connectivity index (χ0v) is 20.3. The van der Waals surface area contributed by atoms with Crippen molar-refractivity contribution in [3.8, 4) is 0 Å². The fraction of sp³-hybridized carbons (Fsp3) is 0.296. The number of nitrogens with zero attached hydrogens (tertiary/aromatic N) is 2. The molecule has 0 radical (unpaired) electrons. The number of fused-ring (bicyclic) bond motifs is 1. The first-order chi connectivity index (χ1) is 17.0. The zero-order chi connectivity index (χ0) is 24.3. The summed E-state index contributed by atoms with van der Waals surface area (Å²) in [5.41, 5.74) is 4.93. The maximum absolute atomic E-state index is 12.8. The molecule has 1 fully saturated rings. The van der Waals surface area contributed by atoms with Gasteiger partial charge in [0.15, 0.2) is 0 Å². The lowest BCUT2D eigenvalue weighted by Crippen LogP contribution is -2.40. The molecule has 7 nitrogen and oxygen atoms in total. The van der Waals surface area contributed by atoms with E-state index in [1.54, 1.807) is 12.1 Å². The highest BCUT2D eigenvalue weighted by atomic mass is 32.2. The number of nitrogens with one attached hydrogen (secondary N) is 1. The first-order valence-electron chi connectivity index (χ1n) is 11.9. The molecule has 0 atom stereocenters. The molecule has 3 aromatic carbocycles. The van der Waals surface area contributed by atoms with Gasteiger partial charge in [-0.05, 0) is 66.4 Å². The molecule has 0 aliphatic carbocycles. The third-order valence-corrected chi connectivity index (χ3v) is 8.43. The van der Waals surface area contributed by atoms with Gasteiger partial charge in [0.25, 0.3) is 5.91 Å². The predicted molar refractivity (Wildman–Crippen MR) is 136 cm³/mol. The maximum Gasteiger partial charge on any atom is 0.255 e. The van der Waals surface area contributed by atoms with Crippen molar-refractivity contribution in [1.29, 1.82) is 0 Å². The van der Waals surface area contributed by atoms with Crippen molar-refractivity contribution >= 4 is 27.3 Å². The molecule has 0 unspecified atom stereocenters. The van der Waals surface area contributed by atoms with Gasteiger partial charge in [0.2, 0.25) is 10.0 Å². The van der Waals surface area contributed by atoms with E-state index in [2.05, 4.69) is 34.5 Å². The van der Waals surface area contributed by atoms with Gasteiger partial charge in [-0.25, -0.2) is 8.42 Å². The highest BCUT2D eigenvalue weighted by molar-refractivity contribution is 7.89.